The first-order chi connectivity index (χ1) is 10.7. The molecule has 1 aromatic rings. The number of hydrogen-bond acceptors (Lipinski definition) is 6. The Bertz CT molecular complexity index is 531. The van der Waals surface area contributed by atoms with Gasteiger partial charge in [0.15, 0.2) is 0 Å². The molecular formula is C16H24N2O4. The third-order valence-electron chi connectivity index (χ3n) is 4.35. The SMILES string of the molecule is NC1CCC(Oc2coc(CN3CCOCC3)cc2=O)CC1. The number of ether oxygens (including phenoxy) is 2. The highest BCUT2D eigenvalue weighted by Gasteiger charge is 2.21. The normalized spacial score (nSPS) is 26.8. The van der Waals surface area contributed by atoms with E-state index in [1.165, 1.54) is 6.26 Å². The summed E-state index contributed by atoms with van der Waals surface area (Å²) in [5.74, 6) is 0.983. The van der Waals surface area contributed by atoms with Gasteiger partial charge in [0, 0.05) is 25.2 Å². The molecule has 1 aliphatic carbocycles. The zero-order chi connectivity index (χ0) is 15.4. The van der Waals surface area contributed by atoms with Crippen LogP contribution in [-0.2, 0) is 11.3 Å². The minimum atomic E-state index is -0.107. The highest BCUT2D eigenvalue weighted by molar-refractivity contribution is 5.18. The van der Waals surface area contributed by atoms with Gasteiger partial charge in [0.1, 0.15) is 12.0 Å². The molecule has 2 heterocycles. The van der Waals surface area contributed by atoms with Crippen LogP contribution >= 0.6 is 0 Å². The maximum absolute atomic E-state index is 12.2. The van der Waals surface area contributed by atoms with E-state index in [-0.39, 0.29) is 17.6 Å². The van der Waals surface area contributed by atoms with E-state index in [1.54, 1.807) is 6.07 Å². The number of nitrogens with zero attached hydrogens (tertiary/aromatic N) is 1. The zero-order valence-electron chi connectivity index (χ0n) is 12.8. The molecule has 6 nitrogen and oxygen atoms in total. The summed E-state index contributed by atoms with van der Waals surface area (Å²) in [5.41, 5.74) is 5.77. The van der Waals surface area contributed by atoms with Crippen LogP contribution in [0.1, 0.15) is 31.4 Å². The largest absolute Gasteiger partial charge is 0.483 e. The fraction of sp³-hybridized carbons (Fsp3) is 0.688. The molecule has 0 spiro atoms. The van der Waals surface area contributed by atoms with Gasteiger partial charge in [-0.1, -0.05) is 0 Å². The second kappa shape index (κ2) is 7.26. The summed E-state index contributed by atoms with van der Waals surface area (Å²) >= 11 is 0. The summed E-state index contributed by atoms with van der Waals surface area (Å²) in [6.45, 7) is 3.83. The monoisotopic (exact) mass is 308 g/mol. The van der Waals surface area contributed by atoms with E-state index in [1.807, 2.05) is 0 Å². The highest BCUT2D eigenvalue weighted by Crippen LogP contribution is 2.21. The van der Waals surface area contributed by atoms with Gasteiger partial charge < -0.3 is 19.6 Å². The molecule has 2 N–H and O–H groups in total. The molecule has 1 saturated carbocycles. The summed E-state index contributed by atoms with van der Waals surface area (Å²) in [6.07, 6.45) is 5.22. The van der Waals surface area contributed by atoms with Crippen molar-refractivity contribution in [3.05, 3.63) is 28.3 Å². The van der Waals surface area contributed by atoms with Crippen LogP contribution in [0.2, 0.25) is 0 Å². The third kappa shape index (κ3) is 4.09. The molecule has 1 saturated heterocycles. The third-order valence-corrected chi connectivity index (χ3v) is 4.35. The molecule has 122 valence electrons. The minimum Gasteiger partial charge on any atom is -0.483 e. The van der Waals surface area contributed by atoms with Gasteiger partial charge in [-0.05, 0) is 25.7 Å². The lowest BCUT2D eigenvalue weighted by Crippen LogP contribution is -2.35. The zero-order valence-corrected chi connectivity index (χ0v) is 12.8. The molecule has 1 aliphatic heterocycles. The summed E-state index contributed by atoms with van der Waals surface area (Å²) < 4.78 is 16.7. The van der Waals surface area contributed by atoms with Crippen molar-refractivity contribution < 1.29 is 13.9 Å². The van der Waals surface area contributed by atoms with Crippen molar-refractivity contribution in [3.8, 4) is 5.75 Å². The lowest BCUT2D eigenvalue weighted by molar-refractivity contribution is 0.0309. The smallest absolute Gasteiger partial charge is 0.227 e. The first kappa shape index (κ1) is 15.5. The molecule has 3 rings (SSSR count). The molecule has 0 unspecified atom stereocenters. The molecule has 2 fully saturated rings. The van der Waals surface area contributed by atoms with E-state index in [0.717, 1.165) is 52.0 Å². The topological polar surface area (TPSA) is 77.9 Å². The van der Waals surface area contributed by atoms with Crippen LogP contribution < -0.4 is 15.9 Å². The van der Waals surface area contributed by atoms with Crippen molar-refractivity contribution in [3.63, 3.8) is 0 Å². The van der Waals surface area contributed by atoms with Crippen molar-refractivity contribution in [2.24, 2.45) is 5.73 Å². The molecule has 0 aromatic carbocycles. The van der Waals surface area contributed by atoms with Crippen LogP contribution in [0.3, 0.4) is 0 Å². The molecule has 0 atom stereocenters. The molecule has 22 heavy (non-hydrogen) atoms. The second-order valence-corrected chi connectivity index (χ2v) is 6.12. The van der Waals surface area contributed by atoms with Gasteiger partial charge in [0.25, 0.3) is 0 Å². The van der Waals surface area contributed by atoms with E-state index in [4.69, 9.17) is 19.6 Å². The van der Waals surface area contributed by atoms with Gasteiger partial charge in [0.2, 0.25) is 11.2 Å². The van der Waals surface area contributed by atoms with Crippen LogP contribution in [-0.4, -0.2) is 43.3 Å². The average molecular weight is 308 g/mol. The molecule has 2 aliphatic rings. The van der Waals surface area contributed by atoms with Crippen LogP contribution in [0.25, 0.3) is 0 Å². The summed E-state index contributed by atoms with van der Waals surface area (Å²) in [7, 11) is 0. The Morgan fingerprint density at radius 1 is 1.23 bits per heavy atom. The van der Waals surface area contributed by atoms with Crippen LogP contribution in [0.4, 0.5) is 0 Å². The highest BCUT2D eigenvalue weighted by atomic mass is 16.5. The van der Waals surface area contributed by atoms with Crippen molar-refractivity contribution >= 4 is 0 Å². The minimum absolute atomic E-state index is 0.0767. The van der Waals surface area contributed by atoms with Gasteiger partial charge in [-0.2, -0.15) is 0 Å². The standard InChI is InChI=1S/C16H24N2O4/c17-12-1-3-13(4-2-12)22-16-11-21-14(9-15(16)19)10-18-5-7-20-8-6-18/h9,11-13H,1-8,10,17H2. The quantitative estimate of drug-likeness (QED) is 0.898. The van der Waals surface area contributed by atoms with Crippen molar-refractivity contribution in [2.75, 3.05) is 26.3 Å². The Labute approximate surface area is 130 Å². The second-order valence-electron chi connectivity index (χ2n) is 6.12. The van der Waals surface area contributed by atoms with E-state index in [2.05, 4.69) is 4.90 Å². The average Bonchev–Trinajstić information content (AvgIpc) is 2.53. The van der Waals surface area contributed by atoms with E-state index < -0.39 is 0 Å². The number of hydrogen-bond donors (Lipinski definition) is 1. The number of nitrogens with two attached hydrogens (primary N) is 1. The molecule has 6 heteroatoms. The first-order valence-electron chi connectivity index (χ1n) is 8.05. The van der Waals surface area contributed by atoms with Gasteiger partial charge in [-0.25, -0.2) is 0 Å². The number of rotatable bonds is 4. The Morgan fingerprint density at radius 3 is 2.64 bits per heavy atom. The number of morpholine rings is 1. The Balaban J connectivity index is 1.58. The van der Waals surface area contributed by atoms with E-state index >= 15 is 0 Å². The van der Waals surface area contributed by atoms with E-state index in [0.29, 0.717) is 18.1 Å². The lowest BCUT2D eigenvalue weighted by Gasteiger charge is -2.27. The van der Waals surface area contributed by atoms with Crippen LogP contribution in [0, 0.1) is 0 Å². The maximum Gasteiger partial charge on any atom is 0.227 e. The fourth-order valence-electron chi connectivity index (χ4n) is 2.97. The molecule has 0 bridgehead atoms. The Morgan fingerprint density at radius 2 is 1.95 bits per heavy atom. The Kier molecular flexibility index (Phi) is 5.12. The molecule has 1 aromatic heterocycles. The van der Waals surface area contributed by atoms with Gasteiger partial charge in [-0.3, -0.25) is 9.69 Å². The van der Waals surface area contributed by atoms with Crippen molar-refractivity contribution in [1.82, 2.24) is 4.90 Å². The van der Waals surface area contributed by atoms with Gasteiger partial charge in [0.05, 0.1) is 25.9 Å². The van der Waals surface area contributed by atoms with Gasteiger partial charge >= 0.3 is 0 Å². The molecule has 0 amide bonds. The lowest BCUT2D eigenvalue weighted by atomic mass is 9.94. The molecule has 0 radical (unpaired) electrons. The van der Waals surface area contributed by atoms with E-state index in [9.17, 15) is 4.79 Å². The first-order valence-corrected chi connectivity index (χ1v) is 8.05. The van der Waals surface area contributed by atoms with Crippen molar-refractivity contribution in [1.29, 1.82) is 0 Å². The maximum atomic E-state index is 12.2. The van der Waals surface area contributed by atoms with Crippen molar-refractivity contribution in [2.45, 2.75) is 44.4 Å². The molecular weight excluding hydrogens is 284 g/mol. The van der Waals surface area contributed by atoms with Gasteiger partial charge in [-0.15, -0.1) is 0 Å². The summed E-state index contributed by atoms with van der Waals surface area (Å²) in [6, 6.07) is 1.81. The van der Waals surface area contributed by atoms with Crippen LogP contribution in [0.15, 0.2) is 21.5 Å². The van der Waals surface area contributed by atoms with Crippen LogP contribution in [0.5, 0.6) is 5.75 Å². The summed E-state index contributed by atoms with van der Waals surface area (Å²) in [5, 5.41) is 0. The Hall–Kier alpha value is -1.37. The fourth-order valence-corrected chi connectivity index (χ4v) is 2.97. The summed E-state index contributed by atoms with van der Waals surface area (Å²) in [4.78, 5) is 14.4. The predicted octanol–water partition coefficient (Wildman–Crippen LogP) is 1.12. The predicted molar refractivity (Wildman–Crippen MR) is 81.9 cm³/mol.